The van der Waals surface area contributed by atoms with Crippen LogP contribution >= 0.6 is 0 Å². The molecule has 0 fully saturated rings. The summed E-state index contributed by atoms with van der Waals surface area (Å²) >= 11 is 0. The SMILES string of the molecule is COc1nn(C)cc1C(=O)NC[C@@]1(O)CCc2ccccc2C1. The Kier molecular flexibility index (Phi) is 4.09. The average Bonchev–Trinajstić information content (AvgIpc) is 2.93. The first-order chi connectivity index (χ1) is 11.0. The largest absolute Gasteiger partial charge is 0.479 e. The van der Waals surface area contributed by atoms with Crippen LogP contribution in [-0.4, -0.2) is 40.0 Å². The van der Waals surface area contributed by atoms with E-state index in [-0.39, 0.29) is 18.3 Å². The highest BCUT2D eigenvalue weighted by molar-refractivity contribution is 5.96. The number of hydrogen-bond acceptors (Lipinski definition) is 4. The maximum Gasteiger partial charge on any atom is 0.258 e. The number of nitrogens with zero attached hydrogens (tertiary/aromatic N) is 2. The molecule has 2 N–H and O–H groups in total. The quantitative estimate of drug-likeness (QED) is 0.885. The Morgan fingerprint density at radius 2 is 2.17 bits per heavy atom. The van der Waals surface area contributed by atoms with Gasteiger partial charge >= 0.3 is 0 Å². The number of nitrogens with one attached hydrogen (secondary N) is 1. The summed E-state index contributed by atoms with van der Waals surface area (Å²) in [6.45, 7) is 0.207. The van der Waals surface area contributed by atoms with E-state index in [0.29, 0.717) is 18.4 Å². The topological polar surface area (TPSA) is 76.4 Å². The Hall–Kier alpha value is -2.34. The Labute approximate surface area is 135 Å². The Bertz CT molecular complexity index is 726. The second-order valence-electron chi connectivity index (χ2n) is 6.08. The molecular weight excluding hydrogens is 294 g/mol. The summed E-state index contributed by atoms with van der Waals surface area (Å²) in [5, 5.41) is 17.6. The summed E-state index contributed by atoms with van der Waals surface area (Å²) in [6.07, 6.45) is 3.61. The van der Waals surface area contributed by atoms with E-state index in [1.165, 1.54) is 17.4 Å². The number of aromatic nitrogens is 2. The molecule has 0 unspecified atom stereocenters. The van der Waals surface area contributed by atoms with Gasteiger partial charge in [-0.3, -0.25) is 9.48 Å². The molecule has 6 heteroatoms. The molecule has 1 atom stereocenters. The fraction of sp³-hybridized carbons (Fsp3) is 0.412. The van der Waals surface area contributed by atoms with Crippen molar-refractivity contribution in [2.24, 2.45) is 7.05 Å². The van der Waals surface area contributed by atoms with Gasteiger partial charge in [0, 0.05) is 26.2 Å². The van der Waals surface area contributed by atoms with Crippen LogP contribution in [0.15, 0.2) is 30.5 Å². The van der Waals surface area contributed by atoms with E-state index >= 15 is 0 Å². The molecule has 6 nitrogen and oxygen atoms in total. The van der Waals surface area contributed by atoms with Crippen molar-refractivity contribution in [1.82, 2.24) is 15.1 Å². The molecule has 122 valence electrons. The number of amides is 1. The Morgan fingerprint density at radius 3 is 2.91 bits per heavy atom. The lowest BCUT2D eigenvalue weighted by Gasteiger charge is -2.33. The fourth-order valence-corrected chi connectivity index (χ4v) is 3.05. The highest BCUT2D eigenvalue weighted by Gasteiger charge is 2.32. The third kappa shape index (κ3) is 3.22. The van der Waals surface area contributed by atoms with Crippen LogP contribution in [0.5, 0.6) is 5.88 Å². The van der Waals surface area contributed by atoms with Crippen LogP contribution in [0.1, 0.15) is 27.9 Å². The first kappa shape index (κ1) is 15.6. The molecule has 1 aromatic carbocycles. The van der Waals surface area contributed by atoms with Crippen LogP contribution in [-0.2, 0) is 19.9 Å². The second kappa shape index (κ2) is 6.04. The second-order valence-corrected chi connectivity index (χ2v) is 6.08. The molecule has 1 aromatic heterocycles. The van der Waals surface area contributed by atoms with E-state index in [1.54, 1.807) is 13.2 Å². The van der Waals surface area contributed by atoms with E-state index in [0.717, 1.165) is 12.0 Å². The minimum atomic E-state index is -0.917. The molecule has 0 radical (unpaired) electrons. The zero-order valence-electron chi connectivity index (χ0n) is 13.4. The summed E-state index contributed by atoms with van der Waals surface area (Å²) < 4.78 is 6.62. The minimum absolute atomic E-state index is 0.207. The summed E-state index contributed by atoms with van der Waals surface area (Å²) in [7, 11) is 3.20. The molecule has 2 aromatic rings. The number of fused-ring (bicyclic) bond motifs is 1. The highest BCUT2D eigenvalue weighted by Crippen LogP contribution is 2.28. The number of hydrogen-bond donors (Lipinski definition) is 2. The van der Waals surface area contributed by atoms with Crippen molar-refractivity contribution in [1.29, 1.82) is 0 Å². The van der Waals surface area contributed by atoms with Gasteiger partial charge in [0.1, 0.15) is 5.56 Å². The molecule has 0 saturated heterocycles. The van der Waals surface area contributed by atoms with Crippen molar-refractivity contribution in [3.05, 3.63) is 47.2 Å². The van der Waals surface area contributed by atoms with Gasteiger partial charge in [-0.2, -0.15) is 0 Å². The van der Waals surface area contributed by atoms with E-state index in [9.17, 15) is 9.90 Å². The van der Waals surface area contributed by atoms with Crippen LogP contribution in [0.25, 0.3) is 0 Å². The lowest BCUT2D eigenvalue weighted by molar-refractivity contribution is 0.0259. The van der Waals surface area contributed by atoms with E-state index in [1.807, 2.05) is 18.2 Å². The smallest absolute Gasteiger partial charge is 0.258 e. The van der Waals surface area contributed by atoms with Crippen LogP contribution in [0, 0.1) is 0 Å². The van der Waals surface area contributed by atoms with Gasteiger partial charge in [0.25, 0.3) is 5.91 Å². The first-order valence-electron chi connectivity index (χ1n) is 7.66. The number of ether oxygens (including phenoxy) is 1. The maximum absolute atomic E-state index is 12.3. The van der Waals surface area contributed by atoms with E-state index in [2.05, 4.69) is 16.5 Å². The number of aryl methyl sites for hydroxylation is 2. The molecule has 1 aliphatic rings. The number of methoxy groups -OCH3 is 1. The molecular formula is C17H21N3O3. The highest BCUT2D eigenvalue weighted by atomic mass is 16.5. The predicted molar refractivity (Wildman–Crippen MR) is 85.5 cm³/mol. The predicted octanol–water partition coefficient (Wildman–Crippen LogP) is 1.08. The van der Waals surface area contributed by atoms with Crippen molar-refractivity contribution in [2.75, 3.05) is 13.7 Å². The monoisotopic (exact) mass is 315 g/mol. The number of benzene rings is 1. The van der Waals surface area contributed by atoms with Crippen molar-refractivity contribution < 1.29 is 14.6 Å². The van der Waals surface area contributed by atoms with Gasteiger partial charge in [0.2, 0.25) is 5.88 Å². The van der Waals surface area contributed by atoms with Gasteiger partial charge in [-0.05, 0) is 24.0 Å². The normalized spacial score (nSPS) is 20.0. The minimum Gasteiger partial charge on any atom is -0.479 e. The summed E-state index contributed by atoms with van der Waals surface area (Å²) in [5.41, 5.74) is 1.88. The lowest BCUT2D eigenvalue weighted by atomic mass is 9.80. The summed E-state index contributed by atoms with van der Waals surface area (Å²) in [5.74, 6) is -0.00628. The van der Waals surface area contributed by atoms with Crippen molar-refractivity contribution in [3.63, 3.8) is 0 Å². The molecule has 1 aliphatic carbocycles. The van der Waals surface area contributed by atoms with Crippen LogP contribution in [0.3, 0.4) is 0 Å². The van der Waals surface area contributed by atoms with Crippen LogP contribution < -0.4 is 10.1 Å². The summed E-state index contributed by atoms with van der Waals surface area (Å²) in [6, 6.07) is 8.11. The fourth-order valence-electron chi connectivity index (χ4n) is 3.05. The van der Waals surface area contributed by atoms with Gasteiger partial charge in [0.05, 0.1) is 12.7 Å². The van der Waals surface area contributed by atoms with Gasteiger partial charge in [0.15, 0.2) is 0 Å². The standard InChI is InChI=1S/C17H21N3O3/c1-20-10-14(16(19-20)23-2)15(21)18-11-17(22)8-7-12-5-3-4-6-13(12)9-17/h3-6,10,22H,7-9,11H2,1-2H3,(H,18,21)/t17-/m1/s1. The molecule has 3 rings (SSSR count). The third-order valence-electron chi connectivity index (χ3n) is 4.31. The molecule has 0 bridgehead atoms. The van der Waals surface area contributed by atoms with Gasteiger partial charge in [-0.25, -0.2) is 0 Å². The van der Waals surface area contributed by atoms with Crippen LogP contribution in [0.4, 0.5) is 0 Å². The molecule has 1 amide bonds. The van der Waals surface area contributed by atoms with Crippen molar-refractivity contribution >= 4 is 5.91 Å². The van der Waals surface area contributed by atoms with Crippen LogP contribution in [0.2, 0.25) is 0 Å². The van der Waals surface area contributed by atoms with Crippen molar-refractivity contribution in [3.8, 4) is 5.88 Å². The Balaban J connectivity index is 1.67. The maximum atomic E-state index is 12.3. The molecule has 0 saturated carbocycles. The van der Waals surface area contributed by atoms with Crippen molar-refractivity contribution in [2.45, 2.75) is 24.9 Å². The third-order valence-corrected chi connectivity index (χ3v) is 4.31. The van der Waals surface area contributed by atoms with E-state index < -0.39 is 5.60 Å². The lowest BCUT2D eigenvalue weighted by Crippen LogP contribution is -2.46. The number of aliphatic hydroxyl groups is 1. The number of rotatable bonds is 4. The van der Waals surface area contributed by atoms with Gasteiger partial charge < -0.3 is 15.2 Å². The first-order valence-corrected chi connectivity index (χ1v) is 7.66. The van der Waals surface area contributed by atoms with E-state index in [4.69, 9.17) is 4.74 Å². The van der Waals surface area contributed by atoms with Gasteiger partial charge in [-0.15, -0.1) is 5.10 Å². The number of carbonyl (C=O) groups is 1. The molecule has 0 spiro atoms. The molecule has 1 heterocycles. The molecule has 0 aliphatic heterocycles. The summed E-state index contributed by atoms with van der Waals surface area (Å²) in [4.78, 5) is 12.3. The molecule has 23 heavy (non-hydrogen) atoms. The average molecular weight is 315 g/mol. The zero-order chi connectivity index (χ0) is 16.4. The number of carbonyl (C=O) groups excluding carboxylic acids is 1. The Morgan fingerprint density at radius 1 is 1.43 bits per heavy atom. The van der Waals surface area contributed by atoms with Gasteiger partial charge in [-0.1, -0.05) is 24.3 Å². The zero-order valence-corrected chi connectivity index (χ0v) is 13.4.